The van der Waals surface area contributed by atoms with Crippen LogP contribution in [-0.2, 0) is 10.2 Å². The van der Waals surface area contributed by atoms with Crippen LogP contribution in [0.15, 0.2) is 0 Å². The lowest BCUT2D eigenvalue weighted by Gasteiger charge is -2.00. The molecule has 4 heteroatoms. The third-order valence-electron chi connectivity index (χ3n) is 1.17. The van der Waals surface area contributed by atoms with Crippen LogP contribution in [0.2, 0.25) is 0 Å². The summed E-state index contributed by atoms with van der Waals surface area (Å²) in [5, 5.41) is 0. The number of rotatable bonds is 4. The first kappa shape index (κ1) is 9.88. The van der Waals surface area contributed by atoms with Gasteiger partial charge in [0.15, 0.2) is 0 Å². The van der Waals surface area contributed by atoms with Gasteiger partial charge in [-0.2, -0.15) is 8.42 Å². The third kappa shape index (κ3) is 7.88. The molecule has 0 atom stereocenters. The van der Waals surface area contributed by atoms with Crippen LogP contribution < -0.4 is 0 Å². The van der Waals surface area contributed by atoms with Gasteiger partial charge >= 0.3 is 10.2 Å². The molecule has 0 saturated heterocycles. The van der Waals surface area contributed by atoms with Crippen molar-refractivity contribution < 1.29 is 12.3 Å². The van der Waals surface area contributed by atoms with Crippen molar-refractivity contribution in [3.63, 3.8) is 0 Å². The molecule has 0 spiro atoms. The highest BCUT2D eigenvalue weighted by Crippen LogP contribution is 2.05. The Balaban J connectivity index is 3.39. The van der Waals surface area contributed by atoms with Crippen molar-refractivity contribution in [1.82, 2.24) is 0 Å². The van der Waals surface area contributed by atoms with E-state index in [0.29, 0.717) is 12.3 Å². The first-order chi connectivity index (χ1) is 4.42. The second-order valence-corrected chi connectivity index (χ2v) is 4.26. The molecule has 0 N–H and O–H groups in total. The molecule has 0 rings (SSSR count). The molecular weight excluding hydrogens is 155 g/mol. The summed E-state index contributed by atoms with van der Waals surface area (Å²) in [6.45, 7) is 3.95. The monoisotopic (exact) mass is 168 g/mol. The number of hydrogen-bond acceptors (Lipinski definition) is 2. The average Bonchev–Trinajstić information content (AvgIpc) is 1.59. The number of hydrogen-bond donors (Lipinski definition) is 0. The van der Waals surface area contributed by atoms with Gasteiger partial charge in [0.2, 0.25) is 0 Å². The molecule has 0 aromatic rings. The molecule has 0 aromatic carbocycles. The van der Waals surface area contributed by atoms with Crippen LogP contribution in [0.25, 0.3) is 0 Å². The van der Waals surface area contributed by atoms with Gasteiger partial charge in [-0.1, -0.05) is 13.8 Å². The summed E-state index contributed by atoms with van der Waals surface area (Å²) >= 11 is 0. The molecule has 0 aliphatic heterocycles. The van der Waals surface area contributed by atoms with Gasteiger partial charge in [0.1, 0.15) is 0 Å². The lowest BCUT2D eigenvalue weighted by molar-refractivity contribution is 0.533. The predicted molar refractivity (Wildman–Crippen MR) is 39.0 cm³/mol. The van der Waals surface area contributed by atoms with Crippen LogP contribution in [0.3, 0.4) is 0 Å². The Morgan fingerprint density at radius 3 is 2.20 bits per heavy atom. The van der Waals surface area contributed by atoms with E-state index < -0.39 is 10.2 Å². The zero-order chi connectivity index (χ0) is 8.20. The second-order valence-electron chi connectivity index (χ2n) is 2.78. The summed E-state index contributed by atoms with van der Waals surface area (Å²) in [6.07, 6.45) is 1.19. The second kappa shape index (κ2) is 3.91. The minimum Gasteiger partial charge on any atom is -0.195 e. The summed E-state index contributed by atoms with van der Waals surface area (Å²) in [5.41, 5.74) is 0. The van der Waals surface area contributed by atoms with Crippen LogP contribution in [0, 0.1) is 5.92 Å². The fraction of sp³-hybridized carbons (Fsp3) is 1.00. The van der Waals surface area contributed by atoms with E-state index in [0.717, 1.165) is 6.42 Å². The topological polar surface area (TPSA) is 34.1 Å². The van der Waals surface area contributed by atoms with E-state index in [1.54, 1.807) is 0 Å². The minimum absolute atomic E-state index is 0.328. The van der Waals surface area contributed by atoms with Crippen LogP contribution in [-0.4, -0.2) is 14.2 Å². The fourth-order valence-corrected chi connectivity index (χ4v) is 1.18. The summed E-state index contributed by atoms with van der Waals surface area (Å²) in [6, 6.07) is 0. The van der Waals surface area contributed by atoms with Crippen LogP contribution in [0.1, 0.15) is 26.7 Å². The molecule has 2 nitrogen and oxygen atoms in total. The molecule has 0 amide bonds. The maximum absolute atomic E-state index is 11.8. The maximum Gasteiger partial charge on any atom is 0.302 e. The van der Waals surface area contributed by atoms with E-state index in [2.05, 4.69) is 0 Å². The first-order valence-corrected chi connectivity index (χ1v) is 4.89. The summed E-state index contributed by atoms with van der Waals surface area (Å²) in [7, 11) is -4.22. The van der Waals surface area contributed by atoms with E-state index in [4.69, 9.17) is 0 Å². The molecule has 0 radical (unpaired) electrons. The molecule has 0 aromatic heterocycles. The van der Waals surface area contributed by atoms with Gasteiger partial charge in [0.25, 0.3) is 0 Å². The smallest absolute Gasteiger partial charge is 0.195 e. The molecule has 0 heterocycles. The molecule has 0 bridgehead atoms. The van der Waals surface area contributed by atoms with Crippen molar-refractivity contribution in [2.75, 3.05) is 5.75 Å². The van der Waals surface area contributed by atoms with Crippen LogP contribution in [0.4, 0.5) is 3.89 Å². The molecule has 10 heavy (non-hydrogen) atoms. The van der Waals surface area contributed by atoms with E-state index >= 15 is 0 Å². The zero-order valence-corrected chi connectivity index (χ0v) is 7.12. The molecule has 0 aliphatic rings. The van der Waals surface area contributed by atoms with Gasteiger partial charge in [-0.15, -0.1) is 3.89 Å². The largest absolute Gasteiger partial charge is 0.302 e. The molecule has 0 fully saturated rings. The van der Waals surface area contributed by atoms with Gasteiger partial charge in [0, 0.05) is 0 Å². The van der Waals surface area contributed by atoms with Crippen LogP contribution >= 0.6 is 0 Å². The molecule has 0 aliphatic carbocycles. The Labute approximate surface area is 61.7 Å². The quantitative estimate of drug-likeness (QED) is 0.599. The summed E-state index contributed by atoms with van der Waals surface area (Å²) in [5.74, 6) is 0.118. The zero-order valence-electron chi connectivity index (χ0n) is 6.30. The Bertz CT molecular complexity index is 172. The van der Waals surface area contributed by atoms with E-state index in [-0.39, 0.29) is 5.75 Å². The lowest BCUT2D eigenvalue weighted by Crippen LogP contribution is -1.99. The Hall–Kier alpha value is -0.120. The molecular formula is C6H13FO2S. The normalized spacial score (nSPS) is 12.4. The van der Waals surface area contributed by atoms with Crippen molar-refractivity contribution in [2.24, 2.45) is 5.92 Å². The highest BCUT2D eigenvalue weighted by Gasteiger charge is 2.06. The summed E-state index contributed by atoms with van der Waals surface area (Å²) in [4.78, 5) is 0. The lowest BCUT2D eigenvalue weighted by atomic mass is 10.1. The van der Waals surface area contributed by atoms with E-state index in [1.807, 2.05) is 13.8 Å². The highest BCUT2D eigenvalue weighted by molar-refractivity contribution is 7.86. The minimum atomic E-state index is -4.22. The van der Waals surface area contributed by atoms with Gasteiger partial charge in [-0.3, -0.25) is 0 Å². The van der Waals surface area contributed by atoms with E-state index in [1.165, 1.54) is 0 Å². The van der Waals surface area contributed by atoms with Gasteiger partial charge in [-0.25, -0.2) is 0 Å². The standard InChI is InChI=1S/C6H13FO2S/c1-6(2)4-3-5-10(7,8)9/h6H,3-5H2,1-2H3. The highest BCUT2D eigenvalue weighted by atomic mass is 32.3. The fourth-order valence-electron chi connectivity index (χ4n) is 0.664. The average molecular weight is 168 g/mol. The Morgan fingerprint density at radius 2 is 1.90 bits per heavy atom. The van der Waals surface area contributed by atoms with Gasteiger partial charge in [-0.05, 0) is 18.8 Å². The molecule has 0 saturated carbocycles. The van der Waals surface area contributed by atoms with Gasteiger partial charge < -0.3 is 0 Å². The number of halogens is 1. The third-order valence-corrected chi connectivity index (χ3v) is 1.95. The first-order valence-electron chi connectivity index (χ1n) is 3.34. The van der Waals surface area contributed by atoms with Crippen molar-refractivity contribution >= 4 is 10.2 Å². The Morgan fingerprint density at radius 1 is 1.40 bits per heavy atom. The molecule has 62 valence electrons. The SMILES string of the molecule is CC(C)CCCS(=O)(=O)F. The predicted octanol–water partition coefficient (Wildman–Crippen LogP) is 1.72. The van der Waals surface area contributed by atoms with Crippen molar-refractivity contribution in [1.29, 1.82) is 0 Å². The van der Waals surface area contributed by atoms with Crippen molar-refractivity contribution in [3.8, 4) is 0 Å². The van der Waals surface area contributed by atoms with E-state index in [9.17, 15) is 12.3 Å². The van der Waals surface area contributed by atoms with Crippen LogP contribution in [0.5, 0.6) is 0 Å². The summed E-state index contributed by atoms with van der Waals surface area (Å²) < 4.78 is 31.7. The van der Waals surface area contributed by atoms with Crippen molar-refractivity contribution in [3.05, 3.63) is 0 Å². The van der Waals surface area contributed by atoms with Crippen molar-refractivity contribution in [2.45, 2.75) is 26.7 Å². The molecule has 0 unspecified atom stereocenters. The van der Waals surface area contributed by atoms with Gasteiger partial charge in [0.05, 0.1) is 5.75 Å². The Kier molecular flexibility index (Phi) is 3.86. The maximum atomic E-state index is 11.8.